The summed E-state index contributed by atoms with van der Waals surface area (Å²) >= 11 is 1.51. The number of carbonyl (C=O) groups is 2. The fraction of sp³-hybridized carbons (Fsp3) is 0.318. The maximum atomic E-state index is 13.9. The van der Waals surface area contributed by atoms with Crippen molar-refractivity contribution in [2.45, 2.75) is 0 Å². The van der Waals surface area contributed by atoms with E-state index in [1.165, 1.54) is 24.5 Å². The second kappa shape index (κ2) is 9.40. The third-order valence-electron chi connectivity index (χ3n) is 5.28. The van der Waals surface area contributed by atoms with Crippen LogP contribution in [0.4, 0.5) is 9.52 Å². The van der Waals surface area contributed by atoms with E-state index < -0.39 is 5.97 Å². The van der Waals surface area contributed by atoms with E-state index in [-0.39, 0.29) is 11.7 Å². The number of hydrogen-bond donors (Lipinski definition) is 1. The molecule has 3 aromatic rings. The number of thiazole rings is 1. The minimum Gasteiger partial charge on any atom is -0.465 e. The van der Waals surface area contributed by atoms with Crippen LogP contribution < -0.4 is 10.2 Å². The lowest BCUT2D eigenvalue weighted by Gasteiger charge is -2.34. The van der Waals surface area contributed by atoms with Crippen molar-refractivity contribution < 1.29 is 18.7 Å². The molecule has 162 valence electrons. The number of para-hydroxylation sites is 1. The smallest absolute Gasteiger partial charge is 0.337 e. The molecule has 1 aliphatic heterocycles. The first kappa shape index (κ1) is 21.2. The maximum absolute atomic E-state index is 13.9. The molecule has 31 heavy (non-hydrogen) atoms. The molecule has 1 saturated heterocycles. The average Bonchev–Trinajstić information content (AvgIpc) is 3.25. The van der Waals surface area contributed by atoms with Gasteiger partial charge in [-0.1, -0.05) is 17.4 Å². The fourth-order valence-corrected chi connectivity index (χ4v) is 4.54. The van der Waals surface area contributed by atoms with E-state index in [1.807, 2.05) is 6.07 Å². The molecule has 0 aliphatic carbocycles. The number of ether oxygens (including phenoxy) is 1. The Hall–Kier alpha value is -3.04. The first-order chi connectivity index (χ1) is 15.0. The monoisotopic (exact) mass is 442 g/mol. The summed E-state index contributed by atoms with van der Waals surface area (Å²) in [6.07, 6.45) is 0. The molecule has 7 nitrogen and oxygen atoms in total. The summed E-state index contributed by atoms with van der Waals surface area (Å²) in [6, 6.07) is 11.4. The van der Waals surface area contributed by atoms with Crippen molar-refractivity contribution in [1.29, 1.82) is 0 Å². The van der Waals surface area contributed by atoms with Crippen molar-refractivity contribution in [2.75, 3.05) is 51.3 Å². The molecule has 0 unspecified atom stereocenters. The Labute approximate surface area is 183 Å². The highest BCUT2D eigenvalue weighted by Crippen LogP contribution is 2.30. The summed E-state index contributed by atoms with van der Waals surface area (Å²) < 4.78 is 19.4. The number of rotatable bonds is 6. The van der Waals surface area contributed by atoms with Gasteiger partial charge in [-0.25, -0.2) is 14.2 Å². The van der Waals surface area contributed by atoms with Gasteiger partial charge in [0, 0.05) is 44.8 Å². The molecule has 0 spiro atoms. The van der Waals surface area contributed by atoms with E-state index in [0.29, 0.717) is 23.2 Å². The molecular weight excluding hydrogens is 419 g/mol. The molecule has 2 heterocycles. The van der Waals surface area contributed by atoms with Gasteiger partial charge < -0.3 is 15.0 Å². The van der Waals surface area contributed by atoms with Gasteiger partial charge in [0.1, 0.15) is 11.3 Å². The minimum atomic E-state index is -0.429. The Balaban J connectivity index is 1.23. The average molecular weight is 443 g/mol. The summed E-state index contributed by atoms with van der Waals surface area (Å²) in [6.45, 7) is 4.59. The van der Waals surface area contributed by atoms with Crippen LogP contribution >= 0.6 is 11.3 Å². The lowest BCUT2D eigenvalue weighted by Crippen LogP contribution is -2.48. The van der Waals surface area contributed by atoms with Gasteiger partial charge in [-0.2, -0.15) is 0 Å². The molecular formula is C22H23FN4O3S. The first-order valence-corrected chi connectivity index (χ1v) is 10.9. The highest BCUT2D eigenvalue weighted by atomic mass is 32.1. The number of nitrogens with one attached hydrogen (secondary N) is 1. The van der Waals surface area contributed by atoms with Crippen LogP contribution in [0.5, 0.6) is 0 Å². The number of fused-ring (bicyclic) bond motifs is 1. The van der Waals surface area contributed by atoms with Gasteiger partial charge in [-0.15, -0.1) is 0 Å². The molecule has 0 radical (unpaired) electrons. The lowest BCUT2D eigenvalue weighted by molar-refractivity contribution is 0.0600. The third kappa shape index (κ3) is 4.83. The second-order valence-electron chi connectivity index (χ2n) is 7.24. The van der Waals surface area contributed by atoms with Crippen molar-refractivity contribution in [2.24, 2.45) is 0 Å². The van der Waals surface area contributed by atoms with Crippen molar-refractivity contribution in [3.63, 3.8) is 0 Å². The Morgan fingerprint density at radius 3 is 2.48 bits per heavy atom. The van der Waals surface area contributed by atoms with E-state index >= 15 is 0 Å². The minimum absolute atomic E-state index is 0.174. The molecule has 1 fully saturated rings. The number of esters is 1. The number of aromatic nitrogens is 1. The van der Waals surface area contributed by atoms with Gasteiger partial charge in [0.2, 0.25) is 0 Å². The standard InChI is InChI=1S/C22H23FN4O3S/c1-30-21(29)16-7-5-15(6-8-16)20(28)24-9-10-26-11-13-27(14-12-26)22-25-19-17(23)3-2-4-18(19)31-22/h2-8H,9-14H2,1H3,(H,24,28). The predicted octanol–water partition coefficient (Wildman–Crippen LogP) is 2.77. The number of hydrogen-bond acceptors (Lipinski definition) is 7. The quantitative estimate of drug-likeness (QED) is 0.592. The number of benzene rings is 2. The van der Waals surface area contributed by atoms with Crippen LogP contribution in [-0.2, 0) is 4.74 Å². The lowest BCUT2D eigenvalue weighted by atomic mass is 10.1. The molecule has 2 aromatic carbocycles. The number of halogens is 1. The zero-order valence-electron chi connectivity index (χ0n) is 17.1. The van der Waals surface area contributed by atoms with Crippen LogP contribution in [0.25, 0.3) is 10.2 Å². The van der Waals surface area contributed by atoms with Gasteiger partial charge in [0.05, 0.1) is 17.4 Å². The molecule has 4 rings (SSSR count). The largest absolute Gasteiger partial charge is 0.465 e. The molecule has 1 amide bonds. The normalized spacial score (nSPS) is 14.6. The molecule has 0 saturated carbocycles. The van der Waals surface area contributed by atoms with E-state index in [1.54, 1.807) is 30.3 Å². The summed E-state index contributed by atoms with van der Waals surface area (Å²) in [7, 11) is 1.32. The summed E-state index contributed by atoms with van der Waals surface area (Å²) in [5.41, 5.74) is 1.35. The van der Waals surface area contributed by atoms with Crippen molar-refractivity contribution in [1.82, 2.24) is 15.2 Å². The molecule has 0 bridgehead atoms. The topological polar surface area (TPSA) is 74.8 Å². The second-order valence-corrected chi connectivity index (χ2v) is 8.25. The summed E-state index contributed by atoms with van der Waals surface area (Å²) in [4.78, 5) is 32.7. The van der Waals surface area contributed by atoms with Crippen LogP contribution in [-0.4, -0.2) is 68.1 Å². The predicted molar refractivity (Wildman–Crippen MR) is 118 cm³/mol. The number of carbonyl (C=O) groups excluding carboxylic acids is 2. The highest BCUT2D eigenvalue weighted by Gasteiger charge is 2.20. The SMILES string of the molecule is COC(=O)c1ccc(C(=O)NCCN2CCN(c3nc4c(F)cccc4s3)CC2)cc1. The number of methoxy groups -OCH3 is 1. The van der Waals surface area contributed by atoms with E-state index in [9.17, 15) is 14.0 Å². The molecule has 9 heteroatoms. The van der Waals surface area contributed by atoms with Gasteiger partial charge in [0.15, 0.2) is 5.13 Å². The van der Waals surface area contributed by atoms with Gasteiger partial charge in [-0.3, -0.25) is 9.69 Å². The molecule has 0 atom stereocenters. The van der Waals surface area contributed by atoms with E-state index in [0.717, 1.165) is 42.6 Å². The van der Waals surface area contributed by atoms with Gasteiger partial charge >= 0.3 is 5.97 Å². The van der Waals surface area contributed by atoms with Gasteiger partial charge in [0.25, 0.3) is 5.91 Å². The van der Waals surface area contributed by atoms with Crippen LogP contribution in [0.3, 0.4) is 0 Å². The zero-order chi connectivity index (χ0) is 21.8. The maximum Gasteiger partial charge on any atom is 0.337 e. The number of anilines is 1. The number of amides is 1. The van der Waals surface area contributed by atoms with Crippen LogP contribution in [0, 0.1) is 5.82 Å². The Bertz CT molecular complexity index is 1080. The fourth-order valence-electron chi connectivity index (χ4n) is 3.51. The Kier molecular flexibility index (Phi) is 6.43. The number of nitrogens with zero attached hydrogens (tertiary/aromatic N) is 3. The number of piperazine rings is 1. The van der Waals surface area contributed by atoms with Crippen LogP contribution in [0.1, 0.15) is 20.7 Å². The first-order valence-electron chi connectivity index (χ1n) is 10.0. The zero-order valence-corrected chi connectivity index (χ0v) is 18.0. The third-order valence-corrected chi connectivity index (χ3v) is 6.36. The molecule has 1 aliphatic rings. The molecule has 1 aromatic heterocycles. The van der Waals surface area contributed by atoms with Crippen LogP contribution in [0.2, 0.25) is 0 Å². The highest BCUT2D eigenvalue weighted by molar-refractivity contribution is 7.22. The Morgan fingerprint density at radius 2 is 1.81 bits per heavy atom. The Morgan fingerprint density at radius 1 is 1.10 bits per heavy atom. The summed E-state index contributed by atoms with van der Waals surface area (Å²) in [5.74, 6) is -0.886. The van der Waals surface area contributed by atoms with E-state index in [4.69, 9.17) is 0 Å². The summed E-state index contributed by atoms with van der Waals surface area (Å²) in [5, 5.41) is 3.76. The van der Waals surface area contributed by atoms with Crippen molar-refractivity contribution >= 4 is 38.6 Å². The van der Waals surface area contributed by atoms with Crippen LogP contribution in [0.15, 0.2) is 42.5 Å². The van der Waals surface area contributed by atoms with E-state index in [2.05, 4.69) is 24.8 Å². The van der Waals surface area contributed by atoms with Gasteiger partial charge in [-0.05, 0) is 36.4 Å². The van der Waals surface area contributed by atoms with Crippen molar-refractivity contribution in [3.05, 3.63) is 59.4 Å². The van der Waals surface area contributed by atoms with Crippen molar-refractivity contribution in [3.8, 4) is 0 Å². The molecule has 1 N–H and O–H groups in total.